The number of hydrogen-bond acceptors (Lipinski definition) is 4. The summed E-state index contributed by atoms with van der Waals surface area (Å²) in [6.45, 7) is 4.33. The number of phenols is 2. The lowest BCUT2D eigenvalue weighted by Gasteiger charge is -2.27. The van der Waals surface area contributed by atoms with Crippen LogP contribution in [0.3, 0.4) is 0 Å². The molecule has 1 saturated heterocycles. The zero-order valence-electron chi connectivity index (χ0n) is 14.6. The van der Waals surface area contributed by atoms with Crippen LogP contribution in [0.5, 0.6) is 11.5 Å². The molecule has 1 fully saturated rings. The van der Waals surface area contributed by atoms with E-state index in [0.29, 0.717) is 43.9 Å². The molecule has 1 heterocycles. The summed E-state index contributed by atoms with van der Waals surface area (Å²) in [5, 5.41) is 20.4. The van der Waals surface area contributed by atoms with E-state index in [1.54, 1.807) is 4.90 Å². The monoisotopic (exact) mass is 335 g/mol. The van der Waals surface area contributed by atoms with Crippen LogP contribution in [0.4, 0.5) is 0 Å². The third-order valence-electron chi connectivity index (χ3n) is 4.53. The summed E-state index contributed by atoms with van der Waals surface area (Å²) >= 11 is 0. The second-order valence-electron chi connectivity index (χ2n) is 6.42. The molecular formula is C19H29NO4. The van der Waals surface area contributed by atoms with Gasteiger partial charge in [-0.3, -0.25) is 4.79 Å². The second kappa shape index (κ2) is 9.52. The van der Waals surface area contributed by atoms with Crippen molar-refractivity contribution in [2.45, 2.75) is 51.9 Å². The standard InChI is InChI=1S/C19H29NO4/c1-2-3-4-5-6-7-8-16-17(21)13-15(14-18(16)22)19(23)20-9-11-24-12-10-20/h13-14,21-22H,2-12H2,1H3. The van der Waals surface area contributed by atoms with Gasteiger partial charge in [0.05, 0.1) is 13.2 Å². The lowest BCUT2D eigenvalue weighted by molar-refractivity contribution is 0.0302. The summed E-state index contributed by atoms with van der Waals surface area (Å²) < 4.78 is 5.24. The quantitative estimate of drug-likeness (QED) is 0.714. The van der Waals surface area contributed by atoms with Crippen LogP contribution in [0.1, 0.15) is 61.4 Å². The van der Waals surface area contributed by atoms with Gasteiger partial charge in [-0.05, 0) is 25.0 Å². The second-order valence-corrected chi connectivity index (χ2v) is 6.42. The maximum absolute atomic E-state index is 12.4. The minimum atomic E-state index is -0.171. The van der Waals surface area contributed by atoms with Crippen molar-refractivity contribution in [1.29, 1.82) is 0 Å². The largest absolute Gasteiger partial charge is 0.508 e. The number of carbonyl (C=O) groups is 1. The molecule has 0 aliphatic carbocycles. The smallest absolute Gasteiger partial charge is 0.254 e. The van der Waals surface area contributed by atoms with Crippen LogP contribution >= 0.6 is 0 Å². The van der Waals surface area contributed by atoms with Crippen molar-refractivity contribution in [3.63, 3.8) is 0 Å². The van der Waals surface area contributed by atoms with Gasteiger partial charge in [-0.25, -0.2) is 0 Å². The summed E-state index contributed by atoms with van der Waals surface area (Å²) in [6.07, 6.45) is 7.56. The number of unbranched alkanes of at least 4 members (excludes halogenated alkanes) is 5. The van der Waals surface area contributed by atoms with Crippen LogP contribution in [0, 0.1) is 0 Å². The van der Waals surface area contributed by atoms with Gasteiger partial charge >= 0.3 is 0 Å². The number of benzene rings is 1. The van der Waals surface area contributed by atoms with E-state index < -0.39 is 0 Å². The summed E-state index contributed by atoms with van der Waals surface area (Å²) in [7, 11) is 0. The Kier molecular flexibility index (Phi) is 7.37. The van der Waals surface area contributed by atoms with E-state index >= 15 is 0 Å². The Balaban J connectivity index is 1.93. The van der Waals surface area contributed by atoms with Crippen LogP contribution in [0.2, 0.25) is 0 Å². The highest BCUT2D eigenvalue weighted by Gasteiger charge is 2.21. The van der Waals surface area contributed by atoms with Crippen LogP contribution in [-0.2, 0) is 11.2 Å². The molecule has 1 aliphatic rings. The van der Waals surface area contributed by atoms with Gasteiger partial charge in [0.1, 0.15) is 11.5 Å². The van der Waals surface area contributed by atoms with Gasteiger partial charge < -0.3 is 19.8 Å². The minimum Gasteiger partial charge on any atom is -0.508 e. The van der Waals surface area contributed by atoms with Crippen molar-refractivity contribution < 1.29 is 19.7 Å². The fourth-order valence-corrected chi connectivity index (χ4v) is 3.05. The molecule has 2 N–H and O–H groups in total. The predicted octanol–water partition coefficient (Wildman–Crippen LogP) is 3.47. The Bertz CT molecular complexity index is 515. The number of nitrogens with zero attached hydrogens (tertiary/aromatic N) is 1. The molecule has 1 aliphatic heterocycles. The van der Waals surface area contributed by atoms with E-state index in [1.165, 1.54) is 37.8 Å². The maximum Gasteiger partial charge on any atom is 0.254 e. The first-order valence-electron chi connectivity index (χ1n) is 9.05. The van der Waals surface area contributed by atoms with Gasteiger partial charge in [0.2, 0.25) is 0 Å². The third kappa shape index (κ3) is 5.13. The number of hydrogen-bond donors (Lipinski definition) is 2. The van der Waals surface area contributed by atoms with E-state index in [0.717, 1.165) is 12.8 Å². The average Bonchev–Trinajstić information content (AvgIpc) is 2.59. The molecule has 2 rings (SSSR count). The Morgan fingerprint density at radius 2 is 1.62 bits per heavy atom. The fourth-order valence-electron chi connectivity index (χ4n) is 3.05. The Morgan fingerprint density at radius 3 is 2.25 bits per heavy atom. The first kappa shape index (κ1) is 18.6. The van der Waals surface area contributed by atoms with Gasteiger partial charge in [0.15, 0.2) is 0 Å². The molecule has 0 radical (unpaired) electrons. The Morgan fingerprint density at radius 1 is 1.04 bits per heavy atom. The molecule has 5 nitrogen and oxygen atoms in total. The number of phenolic OH excluding ortho intramolecular Hbond substituents is 2. The van der Waals surface area contributed by atoms with Gasteiger partial charge in [0.25, 0.3) is 5.91 Å². The van der Waals surface area contributed by atoms with E-state index in [2.05, 4.69) is 6.92 Å². The first-order valence-corrected chi connectivity index (χ1v) is 9.05. The zero-order valence-corrected chi connectivity index (χ0v) is 14.6. The lowest BCUT2D eigenvalue weighted by atomic mass is 10.0. The van der Waals surface area contributed by atoms with Gasteiger partial charge in [0, 0.05) is 24.2 Å². The average molecular weight is 335 g/mol. The van der Waals surface area contributed by atoms with E-state index in [-0.39, 0.29) is 17.4 Å². The number of carbonyl (C=O) groups excluding carboxylic acids is 1. The summed E-state index contributed by atoms with van der Waals surface area (Å²) in [6, 6.07) is 2.95. The SMILES string of the molecule is CCCCCCCCc1c(O)cc(C(=O)N2CCOCC2)cc1O. The van der Waals surface area contributed by atoms with Crippen LogP contribution < -0.4 is 0 Å². The fraction of sp³-hybridized carbons (Fsp3) is 0.632. The number of amides is 1. The lowest BCUT2D eigenvalue weighted by Crippen LogP contribution is -2.40. The van der Waals surface area contributed by atoms with Crippen molar-refractivity contribution in [3.8, 4) is 11.5 Å². The van der Waals surface area contributed by atoms with E-state index in [9.17, 15) is 15.0 Å². The van der Waals surface area contributed by atoms with E-state index in [4.69, 9.17) is 4.74 Å². The topological polar surface area (TPSA) is 70.0 Å². The van der Waals surface area contributed by atoms with Crippen molar-refractivity contribution in [3.05, 3.63) is 23.3 Å². The Labute approximate surface area is 144 Å². The minimum absolute atomic E-state index is 0.0140. The van der Waals surface area contributed by atoms with Crippen molar-refractivity contribution in [1.82, 2.24) is 4.90 Å². The molecule has 5 heteroatoms. The molecule has 1 aromatic carbocycles. The summed E-state index contributed by atoms with van der Waals surface area (Å²) in [4.78, 5) is 14.1. The van der Waals surface area contributed by atoms with Gasteiger partial charge in [-0.1, -0.05) is 39.0 Å². The third-order valence-corrected chi connectivity index (χ3v) is 4.53. The number of morpholine rings is 1. The molecule has 0 unspecified atom stereocenters. The van der Waals surface area contributed by atoms with Crippen LogP contribution in [0.25, 0.3) is 0 Å². The zero-order chi connectivity index (χ0) is 17.4. The van der Waals surface area contributed by atoms with Gasteiger partial charge in [-0.2, -0.15) is 0 Å². The normalized spacial score (nSPS) is 14.8. The van der Waals surface area contributed by atoms with Crippen LogP contribution in [-0.4, -0.2) is 47.3 Å². The van der Waals surface area contributed by atoms with Crippen molar-refractivity contribution in [2.75, 3.05) is 26.3 Å². The number of aromatic hydroxyl groups is 2. The first-order chi connectivity index (χ1) is 11.6. The summed E-state index contributed by atoms with van der Waals surface area (Å²) in [5.74, 6) is -0.143. The van der Waals surface area contributed by atoms with Gasteiger partial charge in [-0.15, -0.1) is 0 Å². The molecule has 1 aromatic rings. The number of rotatable bonds is 8. The molecule has 0 saturated carbocycles. The maximum atomic E-state index is 12.4. The molecule has 24 heavy (non-hydrogen) atoms. The molecule has 134 valence electrons. The molecule has 1 amide bonds. The highest BCUT2D eigenvalue weighted by Crippen LogP contribution is 2.31. The summed E-state index contributed by atoms with van der Waals surface area (Å²) in [5.41, 5.74) is 0.877. The molecule has 0 aromatic heterocycles. The molecule has 0 atom stereocenters. The van der Waals surface area contributed by atoms with E-state index in [1.807, 2.05) is 0 Å². The highest BCUT2D eigenvalue weighted by molar-refractivity contribution is 5.95. The molecule has 0 spiro atoms. The number of ether oxygens (including phenoxy) is 1. The molecule has 0 bridgehead atoms. The van der Waals surface area contributed by atoms with Crippen molar-refractivity contribution >= 4 is 5.91 Å². The molecular weight excluding hydrogens is 306 g/mol. The highest BCUT2D eigenvalue weighted by atomic mass is 16.5. The Hall–Kier alpha value is -1.75. The predicted molar refractivity (Wildman–Crippen MR) is 93.6 cm³/mol. The van der Waals surface area contributed by atoms with Crippen LogP contribution in [0.15, 0.2) is 12.1 Å². The van der Waals surface area contributed by atoms with Crippen molar-refractivity contribution in [2.24, 2.45) is 0 Å².